The highest BCUT2D eigenvalue weighted by molar-refractivity contribution is 6.42. The van der Waals surface area contributed by atoms with E-state index in [1.807, 2.05) is 0 Å². The molecule has 0 aliphatic rings. The first-order valence-electron chi connectivity index (χ1n) is 8.66. The molecule has 3 N–H and O–H groups in total. The highest BCUT2D eigenvalue weighted by Crippen LogP contribution is 2.31. The molecule has 1 aromatic heterocycles. The van der Waals surface area contributed by atoms with Crippen molar-refractivity contribution >= 4 is 35.0 Å². The third-order valence-corrected chi connectivity index (χ3v) is 4.64. The van der Waals surface area contributed by atoms with Gasteiger partial charge in [-0.2, -0.15) is 0 Å². The zero-order valence-corrected chi connectivity index (χ0v) is 17.0. The monoisotopic (exact) mass is 428 g/mol. The second-order valence-electron chi connectivity index (χ2n) is 6.43. The lowest BCUT2D eigenvalue weighted by Gasteiger charge is -2.22. The molecular formula is C19H22Cl2N2O5. The SMILES string of the molecule is CC(C)C(NC(=O)c1ccco1)C(=O)NCC(O)COc1cccc(Cl)c1Cl. The molecule has 2 unspecified atom stereocenters. The van der Waals surface area contributed by atoms with Gasteiger partial charge in [-0.25, -0.2) is 0 Å². The van der Waals surface area contributed by atoms with E-state index in [0.29, 0.717) is 10.8 Å². The van der Waals surface area contributed by atoms with Gasteiger partial charge in [-0.15, -0.1) is 0 Å². The van der Waals surface area contributed by atoms with Crippen LogP contribution in [0.2, 0.25) is 10.0 Å². The minimum absolute atomic E-state index is 0.0587. The number of amides is 2. The van der Waals surface area contributed by atoms with Gasteiger partial charge in [0.2, 0.25) is 5.91 Å². The van der Waals surface area contributed by atoms with Gasteiger partial charge < -0.3 is 24.9 Å². The molecule has 0 fully saturated rings. The first-order chi connectivity index (χ1) is 13.3. The molecule has 0 saturated carbocycles. The van der Waals surface area contributed by atoms with Crippen LogP contribution in [0.25, 0.3) is 0 Å². The highest BCUT2D eigenvalue weighted by atomic mass is 35.5. The molecule has 0 spiro atoms. The van der Waals surface area contributed by atoms with Crippen LogP contribution in [0, 0.1) is 5.92 Å². The molecule has 0 radical (unpaired) electrons. The van der Waals surface area contributed by atoms with E-state index in [1.54, 1.807) is 38.1 Å². The maximum atomic E-state index is 12.4. The van der Waals surface area contributed by atoms with Gasteiger partial charge in [0.15, 0.2) is 5.76 Å². The summed E-state index contributed by atoms with van der Waals surface area (Å²) >= 11 is 11.9. The number of carbonyl (C=O) groups is 2. The van der Waals surface area contributed by atoms with Gasteiger partial charge in [-0.1, -0.05) is 43.1 Å². The molecule has 2 aromatic rings. The predicted octanol–water partition coefficient (Wildman–Crippen LogP) is 2.90. The lowest BCUT2D eigenvalue weighted by atomic mass is 10.0. The molecule has 2 rings (SSSR count). The Balaban J connectivity index is 1.84. The molecule has 0 bridgehead atoms. The van der Waals surface area contributed by atoms with E-state index in [1.165, 1.54) is 12.3 Å². The number of hydrogen-bond donors (Lipinski definition) is 3. The van der Waals surface area contributed by atoms with Crippen LogP contribution in [-0.2, 0) is 4.79 Å². The van der Waals surface area contributed by atoms with Crippen molar-refractivity contribution in [1.29, 1.82) is 0 Å². The van der Waals surface area contributed by atoms with E-state index in [4.69, 9.17) is 32.4 Å². The molecule has 28 heavy (non-hydrogen) atoms. The molecular weight excluding hydrogens is 407 g/mol. The summed E-state index contributed by atoms with van der Waals surface area (Å²) in [5, 5.41) is 15.9. The number of nitrogens with one attached hydrogen (secondary N) is 2. The zero-order chi connectivity index (χ0) is 20.7. The van der Waals surface area contributed by atoms with E-state index < -0.39 is 24.0 Å². The van der Waals surface area contributed by atoms with Crippen LogP contribution in [0.3, 0.4) is 0 Å². The number of aliphatic hydroxyl groups is 1. The Bertz CT molecular complexity index is 796. The predicted molar refractivity (Wildman–Crippen MR) is 106 cm³/mol. The van der Waals surface area contributed by atoms with Crippen LogP contribution in [0.1, 0.15) is 24.4 Å². The topological polar surface area (TPSA) is 101 Å². The summed E-state index contributed by atoms with van der Waals surface area (Å²) in [6, 6.07) is 7.23. The zero-order valence-electron chi connectivity index (χ0n) is 15.4. The number of carbonyl (C=O) groups excluding carboxylic acids is 2. The number of aliphatic hydroxyl groups excluding tert-OH is 1. The highest BCUT2D eigenvalue weighted by Gasteiger charge is 2.26. The van der Waals surface area contributed by atoms with Crippen LogP contribution >= 0.6 is 23.2 Å². The van der Waals surface area contributed by atoms with Crippen molar-refractivity contribution in [2.45, 2.75) is 26.0 Å². The van der Waals surface area contributed by atoms with Crippen LogP contribution in [-0.4, -0.2) is 42.2 Å². The Morgan fingerprint density at radius 1 is 1.21 bits per heavy atom. The number of ether oxygens (including phenoxy) is 1. The van der Waals surface area contributed by atoms with E-state index in [0.717, 1.165) is 0 Å². The Hall–Kier alpha value is -2.22. The third kappa shape index (κ3) is 6.15. The first-order valence-corrected chi connectivity index (χ1v) is 9.42. The third-order valence-electron chi connectivity index (χ3n) is 3.84. The van der Waals surface area contributed by atoms with Crippen molar-refractivity contribution in [1.82, 2.24) is 10.6 Å². The number of halogens is 2. The molecule has 1 heterocycles. The Morgan fingerprint density at radius 2 is 1.96 bits per heavy atom. The van der Waals surface area contributed by atoms with Gasteiger partial charge in [0, 0.05) is 6.54 Å². The van der Waals surface area contributed by atoms with E-state index >= 15 is 0 Å². The molecule has 0 aliphatic carbocycles. The summed E-state index contributed by atoms with van der Waals surface area (Å²) in [4.78, 5) is 24.5. The fourth-order valence-corrected chi connectivity index (χ4v) is 2.67. The largest absolute Gasteiger partial charge is 0.489 e. The molecule has 0 saturated heterocycles. The van der Waals surface area contributed by atoms with Crippen molar-refractivity contribution in [3.05, 3.63) is 52.4 Å². The van der Waals surface area contributed by atoms with Crippen molar-refractivity contribution in [3.63, 3.8) is 0 Å². The Labute approximate surface area is 173 Å². The Morgan fingerprint density at radius 3 is 2.61 bits per heavy atom. The molecule has 2 atom stereocenters. The second-order valence-corrected chi connectivity index (χ2v) is 7.22. The van der Waals surface area contributed by atoms with Crippen molar-refractivity contribution in [2.75, 3.05) is 13.2 Å². The minimum Gasteiger partial charge on any atom is -0.489 e. The summed E-state index contributed by atoms with van der Waals surface area (Å²) < 4.78 is 10.5. The van der Waals surface area contributed by atoms with Gasteiger partial charge in [0.25, 0.3) is 5.91 Å². The second kappa shape index (κ2) is 10.4. The van der Waals surface area contributed by atoms with E-state index in [-0.39, 0.29) is 29.9 Å². The Kier molecular flexibility index (Phi) is 8.17. The first kappa shape index (κ1) is 22.1. The maximum absolute atomic E-state index is 12.4. The normalized spacial score (nSPS) is 13.1. The number of furan rings is 1. The quantitative estimate of drug-likeness (QED) is 0.569. The molecule has 152 valence electrons. The lowest BCUT2D eigenvalue weighted by Crippen LogP contribution is -2.51. The van der Waals surface area contributed by atoms with Crippen LogP contribution in [0.15, 0.2) is 41.0 Å². The van der Waals surface area contributed by atoms with Gasteiger partial charge >= 0.3 is 0 Å². The molecule has 2 amide bonds. The molecule has 0 aliphatic heterocycles. The standard InChI is InChI=1S/C19H22Cl2N2O5/c1-11(2)17(23-18(25)15-7-4-8-27-15)19(26)22-9-12(24)10-28-14-6-3-5-13(20)16(14)21/h3-8,11-12,17,24H,9-10H2,1-2H3,(H,22,26)(H,23,25). The smallest absolute Gasteiger partial charge is 0.287 e. The van der Waals surface area contributed by atoms with E-state index in [9.17, 15) is 14.7 Å². The summed E-state index contributed by atoms with van der Waals surface area (Å²) in [5.74, 6) is -0.624. The molecule has 7 nitrogen and oxygen atoms in total. The van der Waals surface area contributed by atoms with Gasteiger partial charge in [-0.05, 0) is 30.2 Å². The van der Waals surface area contributed by atoms with Crippen LogP contribution in [0.4, 0.5) is 0 Å². The van der Waals surface area contributed by atoms with Gasteiger partial charge in [0.1, 0.15) is 29.5 Å². The lowest BCUT2D eigenvalue weighted by molar-refractivity contribution is -0.124. The summed E-state index contributed by atoms with van der Waals surface area (Å²) in [5.41, 5.74) is 0. The van der Waals surface area contributed by atoms with E-state index in [2.05, 4.69) is 10.6 Å². The van der Waals surface area contributed by atoms with Crippen molar-refractivity contribution < 1.29 is 23.8 Å². The van der Waals surface area contributed by atoms with Crippen LogP contribution in [0.5, 0.6) is 5.75 Å². The number of rotatable bonds is 9. The van der Waals surface area contributed by atoms with Crippen molar-refractivity contribution in [3.8, 4) is 5.75 Å². The van der Waals surface area contributed by atoms with Crippen molar-refractivity contribution in [2.24, 2.45) is 5.92 Å². The van der Waals surface area contributed by atoms with Gasteiger partial charge in [-0.3, -0.25) is 9.59 Å². The van der Waals surface area contributed by atoms with Crippen LogP contribution < -0.4 is 15.4 Å². The average Bonchev–Trinajstić information content (AvgIpc) is 3.19. The summed E-state index contributed by atoms with van der Waals surface area (Å²) in [7, 11) is 0. The maximum Gasteiger partial charge on any atom is 0.287 e. The average molecular weight is 429 g/mol. The summed E-state index contributed by atoms with van der Waals surface area (Å²) in [6.07, 6.45) is 0.398. The number of benzene rings is 1. The molecule has 1 aromatic carbocycles. The minimum atomic E-state index is -0.979. The number of hydrogen-bond acceptors (Lipinski definition) is 5. The summed E-state index contributed by atoms with van der Waals surface area (Å²) in [6.45, 7) is 3.45. The van der Waals surface area contributed by atoms with Gasteiger partial charge in [0.05, 0.1) is 11.3 Å². The fourth-order valence-electron chi connectivity index (χ4n) is 2.32. The fraction of sp³-hybridized carbons (Fsp3) is 0.368. The molecule has 9 heteroatoms.